The number of hydrogen-bond acceptors (Lipinski definition) is 9. The maximum Gasteiger partial charge on any atom is 0.229 e. The van der Waals surface area contributed by atoms with E-state index in [1.165, 1.54) is 6.20 Å². The topological polar surface area (TPSA) is 120 Å². The van der Waals surface area contributed by atoms with Crippen LogP contribution in [0.4, 0.5) is 17.5 Å². The minimum absolute atomic E-state index is 0.0759. The van der Waals surface area contributed by atoms with E-state index in [1.54, 1.807) is 17.1 Å². The number of anilines is 3. The molecule has 10 nitrogen and oxygen atoms in total. The lowest BCUT2D eigenvalue weighted by molar-refractivity contribution is 0.0656. The maximum absolute atomic E-state index is 12.4. The van der Waals surface area contributed by atoms with Gasteiger partial charge in [0.15, 0.2) is 15.7 Å². The number of nitrogens with one attached hydrogen (secondary N) is 2. The first-order valence-electron chi connectivity index (χ1n) is 10.2. The van der Waals surface area contributed by atoms with E-state index >= 15 is 0 Å². The quantitative estimate of drug-likeness (QED) is 0.595. The van der Waals surface area contributed by atoms with Crippen molar-refractivity contribution >= 4 is 38.9 Å². The standard InChI is InChI=1S/C19H27ClN6O4S/c1-11(2)9-31(27,28)10-12-7-29-17-15(8-30-16(12)17)24-18-14(20)5-21-19(25-18)23-13-4-22-26(3)6-13/h4-6,11-12,15-17H,7-10H2,1-3H3,(H2,21,23,24,25). The van der Waals surface area contributed by atoms with E-state index in [1.807, 2.05) is 20.9 Å². The minimum atomic E-state index is -3.16. The number of nitrogens with zero attached hydrogens (tertiary/aromatic N) is 4. The maximum atomic E-state index is 12.4. The van der Waals surface area contributed by atoms with Gasteiger partial charge in [0.05, 0.1) is 54.9 Å². The molecule has 0 aliphatic carbocycles. The smallest absolute Gasteiger partial charge is 0.229 e. The first-order chi connectivity index (χ1) is 14.7. The van der Waals surface area contributed by atoms with E-state index in [0.717, 1.165) is 5.69 Å². The Morgan fingerprint density at radius 1 is 1.26 bits per heavy atom. The number of aromatic nitrogens is 4. The highest BCUT2D eigenvalue weighted by Gasteiger charge is 2.49. The summed E-state index contributed by atoms with van der Waals surface area (Å²) in [7, 11) is -1.34. The lowest BCUT2D eigenvalue weighted by atomic mass is 10.0. The van der Waals surface area contributed by atoms with Crippen LogP contribution >= 0.6 is 11.6 Å². The van der Waals surface area contributed by atoms with Crippen molar-refractivity contribution in [1.82, 2.24) is 19.7 Å². The summed E-state index contributed by atoms with van der Waals surface area (Å²) in [6, 6.07) is -0.193. The highest BCUT2D eigenvalue weighted by Crippen LogP contribution is 2.34. The summed E-state index contributed by atoms with van der Waals surface area (Å²) in [5, 5.41) is 10.8. The van der Waals surface area contributed by atoms with E-state index < -0.39 is 9.84 Å². The van der Waals surface area contributed by atoms with E-state index in [0.29, 0.717) is 30.0 Å². The Morgan fingerprint density at radius 3 is 2.74 bits per heavy atom. The Morgan fingerprint density at radius 2 is 2.03 bits per heavy atom. The van der Waals surface area contributed by atoms with Crippen LogP contribution in [0.25, 0.3) is 0 Å². The second-order valence-corrected chi connectivity index (χ2v) is 11.1. The SMILES string of the molecule is CC(C)CS(=O)(=O)CC1COC2C(Nc3nc(Nc4cnn(C)c4)ncc3Cl)COC12. The summed E-state index contributed by atoms with van der Waals surface area (Å²) < 4.78 is 38.4. The average Bonchev–Trinajstić information content (AvgIpc) is 3.36. The molecule has 4 rings (SSSR count). The predicted octanol–water partition coefficient (Wildman–Crippen LogP) is 1.87. The van der Waals surface area contributed by atoms with Crippen molar-refractivity contribution in [2.75, 3.05) is 35.4 Å². The van der Waals surface area contributed by atoms with E-state index in [2.05, 4.69) is 25.7 Å². The molecule has 0 aromatic carbocycles. The van der Waals surface area contributed by atoms with Crippen LogP contribution in [0.5, 0.6) is 0 Å². The number of sulfone groups is 1. The molecule has 0 radical (unpaired) electrons. The molecular weight excluding hydrogens is 444 g/mol. The highest BCUT2D eigenvalue weighted by molar-refractivity contribution is 7.91. The molecule has 2 aromatic rings. The summed E-state index contributed by atoms with van der Waals surface area (Å²) in [6.45, 7) is 4.54. The normalized spacial score (nSPS) is 25.7. The zero-order valence-electron chi connectivity index (χ0n) is 17.7. The molecule has 0 bridgehead atoms. The van der Waals surface area contributed by atoms with E-state index in [-0.39, 0.29) is 41.6 Å². The molecule has 170 valence electrons. The van der Waals surface area contributed by atoms with Gasteiger partial charge in [-0.3, -0.25) is 4.68 Å². The van der Waals surface area contributed by atoms with Crippen LogP contribution in [0.1, 0.15) is 13.8 Å². The number of aryl methyl sites for hydroxylation is 1. The van der Waals surface area contributed by atoms with Gasteiger partial charge >= 0.3 is 0 Å². The molecule has 4 unspecified atom stereocenters. The van der Waals surface area contributed by atoms with Crippen molar-refractivity contribution in [2.45, 2.75) is 32.1 Å². The number of fused-ring (bicyclic) bond motifs is 1. The molecule has 4 atom stereocenters. The molecule has 4 heterocycles. The van der Waals surface area contributed by atoms with E-state index in [9.17, 15) is 8.42 Å². The molecular formula is C19H27ClN6O4S. The zero-order chi connectivity index (χ0) is 22.2. The fraction of sp³-hybridized carbons (Fsp3) is 0.632. The molecule has 0 spiro atoms. The molecule has 0 saturated carbocycles. The van der Waals surface area contributed by atoms with Crippen molar-refractivity contribution in [3.63, 3.8) is 0 Å². The Kier molecular flexibility index (Phi) is 6.38. The van der Waals surface area contributed by atoms with Crippen molar-refractivity contribution in [2.24, 2.45) is 18.9 Å². The third kappa shape index (κ3) is 5.28. The average molecular weight is 471 g/mol. The first kappa shape index (κ1) is 22.3. The van der Waals surface area contributed by atoms with Gasteiger partial charge in [-0.1, -0.05) is 25.4 Å². The Balaban J connectivity index is 1.41. The fourth-order valence-corrected chi connectivity index (χ4v) is 6.30. The Hall–Kier alpha value is -1.95. The summed E-state index contributed by atoms with van der Waals surface area (Å²) in [4.78, 5) is 8.66. The summed E-state index contributed by atoms with van der Waals surface area (Å²) in [5.74, 6) is 0.996. The van der Waals surface area contributed by atoms with Crippen LogP contribution < -0.4 is 10.6 Å². The number of hydrogen-bond donors (Lipinski definition) is 2. The Bertz CT molecular complexity index is 1030. The largest absolute Gasteiger partial charge is 0.373 e. The fourth-order valence-electron chi connectivity index (χ4n) is 4.07. The molecule has 31 heavy (non-hydrogen) atoms. The number of halogens is 1. The monoisotopic (exact) mass is 470 g/mol. The lowest BCUT2D eigenvalue weighted by Gasteiger charge is -2.19. The van der Waals surface area contributed by atoms with E-state index in [4.69, 9.17) is 21.1 Å². The zero-order valence-corrected chi connectivity index (χ0v) is 19.2. The molecule has 2 aliphatic heterocycles. The van der Waals surface area contributed by atoms with Crippen LogP contribution in [0.3, 0.4) is 0 Å². The van der Waals surface area contributed by atoms with Crippen LogP contribution in [-0.4, -0.2) is 71.1 Å². The number of ether oxygens (including phenoxy) is 2. The summed E-state index contributed by atoms with van der Waals surface area (Å²) >= 11 is 6.30. The van der Waals surface area contributed by atoms with Gasteiger partial charge < -0.3 is 20.1 Å². The van der Waals surface area contributed by atoms with Crippen molar-refractivity contribution in [3.8, 4) is 0 Å². The molecule has 12 heteroatoms. The van der Waals surface area contributed by atoms with Gasteiger partial charge in [-0.05, 0) is 5.92 Å². The molecule has 2 aromatic heterocycles. The molecule has 2 fully saturated rings. The van der Waals surface area contributed by atoms with Gasteiger partial charge in [0.1, 0.15) is 11.1 Å². The third-order valence-electron chi connectivity index (χ3n) is 5.24. The molecule has 2 N–H and O–H groups in total. The van der Waals surface area contributed by atoms with Gasteiger partial charge in [0.25, 0.3) is 0 Å². The summed E-state index contributed by atoms with van der Waals surface area (Å²) in [6.07, 6.45) is 4.45. The lowest BCUT2D eigenvalue weighted by Crippen LogP contribution is -2.36. The molecule has 2 saturated heterocycles. The highest BCUT2D eigenvalue weighted by atomic mass is 35.5. The number of rotatable bonds is 8. The molecule has 2 aliphatic rings. The van der Waals surface area contributed by atoms with Crippen molar-refractivity contribution < 1.29 is 17.9 Å². The van der Waals surface area contributed by atoms with Gasteiger partial charge in [0.2, 0.25) is 5.95 Å². The van der Waals surface area contributed by atoms with Crippen LogP contribution in [-0.2, 0) is 26.4 Å². The van der Waals surface area contributed by atoms with Gasteiger partial charge in [-0.2, -0.15) is 10.1 Å². The predicted molar refractivity (Wildman–Crippen MR) is 117 cm³/mol. The summed E-state index contributed by atoms with van der Waals surface area (Å²) in [5.41, 5.74) is 0.754. The van der Waals surface area contributed by atoms with Crippen LogP contribution in [0.15, 0.2) is 18.6 Å². The van der Waals surface area contributed by atoms with Crippen molar-refractivity contribution in [3.05, 3.63) is 23.6 Å². The van der Waals surface area contributed by atoms with Gasteiger partial charge in [-0.25, -0.2) is 13.4 Å². The first-order valence-corrected chi connectivity index (χ1v) is 12.4. The minimum Gasteiger partial charge on any atom is -0.373 e. The van der Waals surface area contributed by atoms with Gasteiger partial charge in [0, 0.05) is 19.2 Å². The van der Waals surface area contributed by atoms with Crippen LogP contribution in [0.2, 0.25) is 5.02 Å². The van der Waals surface area contributed by atoms with Crippen molar-refractivity contribution in [1.29, 1.82) is 0 Å². The van der Waals surface area contributed by atoms with Crippen LogP contribution in [0, 0.1) is 11.8 Å². The second kappa shape index (κ2) is 8.89. The Labute approximate surface area is 186 Å². The third-order valence-corrected chi connectivity index (χ3v) is 7.63. The van der Waals surface area contributed by atoms with Gasteiger partial charge in [-0.15, -0.1) is 0 Å². The molecule has 0 amide bonds. The second-order valence-electron chi connectivity index (χ2n) is 8.50.